The zero-order valence-corrected chi connectivity index (χ0v) is 54.0. The highest BCUT2D eigenvalue weighted by molar-refractivity contribution is 7.98. The molecule has 0 aliphatic heterocycles. The molecule has 0 aliphatic carbocycles. The van der Waals surface area contributed by atoms with Crippen LogP contribution in [0.15, 0.2) is 42.9 Å². The lowest BCUT2D eigenvalue weighted by molar-refractivity contribution is -0.143. The number of carboxylic acids is 2. The Bertz CT molecular complexity index is 2780. The monoisotopic (exact) mass is 1320 g/mol. The first-order valence-corrected chi connectivity index (χ1v) is 31.5. The van der Waals surface area contributed by atoms with Gasteiger partial charge < -0.3 is 85.1 Å². The summed E-state index contributed by atoms with van der Waals surface area (Å²) in [5, 5.41) is 46.6. The molecule has 11 atom stereocenters. The van der Waals surface area contributed by atoms with E-state index in [1.54, 1.807) is 64.3 Å². The maximum Gasteiger partial charge on any atom is 0.326 e. The molecule has 2 aromatic rings. The molecule has 0 spiro atoms. The van der Waals surface area contributed by atoms with Crippen molar-refractivity contribution in [3.63, 3.8) is 0 Å². The average Bonchev–Trinajstić information content (AvgIpc) is 1.90. The summed E-state index contributed by atoms with van der Waals surface area (Å²) < 4.78 is 0. The molecule has 1 aromatic carbocycles. The van der Waals surface area contributed by atoms with Crippen molar-refractivity contribution in [2.24, 2.45) is 29.2 Å². The summed E-state index contributed by atoms with van der Waals surface area (Å²) in [7, 11) is 0. The largest absolute Gasteiger partial charge is 0.481 e. The number of benzene rings is 1. The highest BCUT2D eigenvalue weighted by Gasteiger charge is 2.37. The van der Waals surface area contributed by atoms with Gasteiger partial charge in [0.15, 0.2) is 0 Å². The van der Waals surface area contributed by atoms with E-state index in [1.165, 1.54) is 45.1 Å². The lowest BCUT2D eigenvalue weighted by atomic mass is 9.99. The van der Waals surface area contributed by atoms with Crippen LogP contribution in [0.25, 0.3) is 0 Å². The van der Waals surface area contributed by atoms with Gasteiger partial charge in [-0.1, -0.05) is 71.9 Å². The predicted molar refractivity (Wildman–Crippen MR) is 337 cm³/mol. The average molecular weight is 1320 g/mol. The zero-order chi connectivity index (χ0) is 67.9. The number of thiol groups is 2. The van der Waals surface area contributed by atoms with Crippen molar-refractivity contribution in [3.05, 3.63) is 54.1 Å². The number of aromatic nitrogens is 2. The van der Waals surface area contributed by atoms with Gasteiger partial charge in [-0.15, -0.1) is 0 Å². The number of aliphatic carboxylic acids is 2. The molecule has 18 N–H and O–H groups in total. The highest BCUT2D eigenvalue weighted by Crippen LogP contribution is 2.13. The first-order chi connectivity index (χ1) is 42.3. The van der Waals surface area contributed by atoms with Gasteiger partial charge in [0.1, 0.15) is 66.5 Å². The second kappa shape index (κ2) is 39.9. The number of primary amides is 1. The predicted octanol–water partition coefficient (Wildman–Crippen LogP) is -3.70. The number of nitrogens with zero attached hydrogens (tertiary/aromatic N) is 1. The number of rotatable bonds is 41. The zero-order valence-electron chi connectivity index (χ0n) is 51.4. The minimum absolute atomic E-state index is 0.0212. The second-order valence-corrected chi connectivity index (χ2v) is 23.8. The summed E-state index contributed by atoms with van der Waals surface area (Å²) >= 11 is 9.80. The molecule has 0 bridgehead atoms. The van der Waals surface area contributed by atoms with Gasteiger partial charge in [0, 0.05) is 42.7 Å². The van der Waals surface area contributed by atoms with Crippen LogP contribution in [0.1, 0.15) is 91.8 Å². The number of hydrogen-bond acceptors (Lipinski definition) is 19. The van der Waals surface area contributed by atoms with E-state index < -0.39 is 187 Å². The molecule has 0 radical (unpaired) electrons. The molecule has 2 rings (SSSR count). The number of thioether (sulfide) groups is 1. The molecule has 0 unspecified atom stereocenters. The van der Waals surface area contributed by atoms with E-state index >= 15 is 0 Å². The Balaban J connectivity index is 2.35. The van der Waals surface area contributed by atoms with Crippen molar-refractivity contribution >= 4 is 120 Å². The van der Waals surface area contributed by atoms with E-state index in [-0.39, 0.29) is 43.1 Å². The summed E-state index contributed by atoms with van der Waals surface area (Å²) in [6.07, 6.45) is 2.34. The molecule has 31 nitrogen and oxygen atoms in total. The third-order valence-corrected chi connectivity index (χ3v) is 14.9. The van der Waals surface area contributed by atoms with Gasteiger partial charge in [-0.3, -0.25) is 62.3 Å². The second-order valence-electron chi connectivity index (χ2n) is 22.1. The number of nitrogens with two attached hydrogens (primary N) is 2. The van der Waals surface area contributed by atoms with Crippen LogP contribution in [0.2, 0.25) is 0 Å². The van der Waals surface area contributed by atoms with Crippen LogP contribution in [0.3, 0.4) is 0 Å². The molecule has 34 heteroatoms. The third-order valence-electron chi connectivity index (χ3n) is 13.5. The Morgan fingerprint density at radius 1 is 0.544 bits per heavy atom. The Morgan fingerprint density at radius 2 is 1.00 bits per heavy atom. The molecule has 1 aromatic heterocycles. The van der Waals surface area contributed by atoms with Crippen molar-refractivity contribution in [2.45, 2.75) is 160 Å². The first-order valence-electron chi connectivity index (χ1n) is 28.8. The van der Waals surface area contributed by atoms with E-state index in [4.69, 9.17) is 11.5 Å². The van der Waals surface area contributed by atoms with Gasteiger partial charge in [-0.05, 0) is 61.5 Å². The van der Waals surface area contributed by atoms with Gasteiger partial charge in [0.2, 0.25) is 70.9 Å². The summed E-state index contributed by atoms with van der Waals surface area (Å²) in [6, 6.07) is -7.57. The molecule has 1 heterocycles. The van der Waals surface area contributed by atoms with Crippen molar-refractivity contribution in [1.29, 1.82) is 0 Å². The van der Waals surface area contributed by atoms with Crippen LogP contribution < -0.4 is 70.0 Å². The summed E-state index contributed by atoms with van der Waals surface area (Å²) in [6.45, 7) is 10.7. The molecule has 0 aliphatic rings. The minimum atomic E-state index is -1.68. The molecule has 0 fully saturated rings. The quantitative estimate of drug-likeness (QED) is 0.0285. The van der Waals surface area contributed by atoms with Crippen LogP contribution in [0.5, 0.6) is 0 Å². The Labute approximate surface area is 536 Å². The highest BCUT2D eigenvalue weighted by atomic mass is 32.2. The minimum Gasteiger partial charge on any atom is -0.481 e. The number of aromatic amines is 1. The van der Waals surface area contributed by atoms with Crippen LogP contribution >= 0.6 is 37.0 Å². The van der Waals surface area contributed by atoms with E-state index in [0.717, 1.165) is 0 Å². The maximum atomic E-state index is 14.3. The number of H-pyrrole nitrogens is 1. The van der Waals surface area contributed by atoms with Crippen molar-refractivity contribution in [1.82, 2.24) is 68.5 Å². The molecular weight excluding hydrogens is 1230 g/mol. The fraction of sp³-hybridized carbons (Fsp3) is 0.589. The number of amides is 12. The number of hydrogen-bond donors (Lipinski definition) is 18. The van der Waals surface area contributed by atoms with E-state index in [0.29, 0.717) is 17.0 Å². The van der Waals surface area contributed by atoms with Gasteiger partial charge in [0.25, 0.3) is 0 Å². The fourth-order valence-electron chi connectivity index (χ4n) is 8.54. The molecule has 12 amide bonds. The molecule has 0 saturated carbocycles. The number of imidazole rings is 1. The smallest absolute Gasteiger partial charge is 0.326 e. The lowest BCUT2D eigenvalue weighted by Crippen LogP contribution is -2.61. The van der Waals surface area contributed by atoms with Gasteiger partial charge in [-0.2, -0.15) is 37.0 Å². The standard InChI is InChI=1S/C56H87N15O16S3/c1-27(2)18-35(67-55(85)44(28(3)4)70-51(81)37(62-42(73)22-57)20-32-23-59-26-60-32)49(79)69-40(25-89)54(84)64-33(14-15-43(74)75)47(77)65-36(19-31-12-10-9-11-13-31)50(80)68-39(24-88)53(83)61-30(7)46(76)63-34(16-17-90-8)48(78)66-38(21-41(58)72)52(82)71-45(29(5)6)56(86)87/h9-13,23,26-30,33-40,44-45,88-89H,14-22,24-25,57H2,1-8H3,(H2,58,72)(H,59,60)(H,61,83)(H,62,73)(H,63,76)(H,64,84)(H,65,77)(H,66,78)(H,67,85)(H,68,80)(H,69,79)(H,70,81)(H,71,82)(H,74,75)(H,86,87)/t30-,33-,34-,35-,36-,37-,38-,39-,40-,44-,45-/m0/s1. The maximum absolute atomic E-state index is 14.3. The Morgan fingerprint density at radius 3 is 1.50 bits per heavy atom. The van der Waals surface area contributed by atoms with Crippen LogP contribution in [-0.4, -0.2) is 200 Å². The molecular formula is C56H87N15O16S3. The summed E-state index contributed by atoms with van der Waals surface area (Å²) in [5.41, 5.74) is 11.8. The van der Waals surface area contributed by atoms with Gasteiger partial charge in [0.05, 0.1) is 19.3 Å². The first kappa shape index (κ1) is 78.1. The fourth-order valence-corrected chi connectivity index (χ4v) is 9.52. The Hall–Kier alpha value is -7.98. The van der Waals surface area contributed by atoms with E-state index in [9.17, 15) is 77.3 Å². The Kier molecular flexibility index (Phi) is 34.6. The molecule has 90 heavy (non-hydrogen) atoms. The van der Waals surface area contributed by atoms with Crippen molar-refractivity contribution < 1.29 is 77.3 Å². The number of nitrogens with one attached hydrogen (secondary N) is 12. The number of carbonyl (C=O) groups excluding carboxylic acids is 12. The summed E-state index contributed by atoms with van der Waals surface area (Å²) in [5.74, 6) is -15.6. The van der Waals surface area contributed by atoms with E-state index in [1.807, 2.05) is 0 Å². The summed E-state index contributed by atoms with van der Waals surface area (Å²) in [4.78, 5) is 193. The molecule has 500 valence electrons. The third kappa shape index (κ3) is 27.8. The molecule has 0 saturated heterocycles. The van der Waals surface area contributed by atoms with Gasteiger partial charge >= 0.3 is 11.9 Å². The van der Waals surface area contributed by atoms with Gasteiger partial charge in [-0.25, -0.2) is 9.78 Å². The topological polar surface area (TPSA) is 492 Å². The SMILES string of the molecule is CSCC[C@H](NC(=O)[C@H](C)NC(=O)[C@H](CS)NC(=O)[C@H](Cc1ccccc1)NC(=O)[C@H](CCC(=O)O)NC(=O)[C@H](CS)NC(=O)[C@H](CC(C)C)NC(=O)[C@@H](NC(=O)[C@H](Cc1cnc[nH]1)NC(=O)CN)C(C)C)C(=O)N[C@@H](CC(N)=O)C(=O)N[C@H](C(=O)O)C(C)C. The lowest BCUT2D eigenvalue weighted by Gasteiger charge is -2.29. The van der Waals surface area contributed by atoms with Crippen molar-refractivity contribution in [3.8, 4) is 0 Å². The number of carboxylic acid groups (broad SMARTS) is 2. The van der Waals surface area contributed by atoms with Crippen LogP contribution in [-0.2, 0) is 80.0 Å². The van der Waals surface area contributed by atoms with E-state index in [2.05, 4.69) is 93.7 Å². The van der Waals surface area contributed by atoms with Crippen LogP contribution in [0, 0.1) is 17.8 Å². The van der Waals surface area contributed by atoms with Crippen LogP contribution in [0.4, 0.5) is 0 Å². The van der Waals surface area contributed by atoms with Crippen molar-refractivity contribution in [2.75, 3.05) is 30.1 Å². The normalized spacial score (nSPS) is 14.8. The number of carbonyl (C=O) groups is 14.